The first-order valence-electron chi connectivity index (χ1n) is 9.48. The summed E-state index contributed by atoms with van der Waals surface area (Å²) in [6, 6.07) is 11.6. The van der Waals surface area contributed by atoms with Crippen LogP contribution in [0.4, 0.5) is 5.82 Å². The Morgan fingerprint density at radius 3 is 3.04 bits per heavy atom. The van der Waals surface area contributed by atoms with Crippen LogP contribution in [0.1, 0.15) is 24.8 Å². The zero-order chi connectivity index (χ0) is 17.6. The Bertz CT molecular complexity index is 897. The van der Waals surface area contributed by atoms with Crippen LogP contribution in [0.2, 0.25) is 0 Å². The zero-order valence-corrected chi connectivity index (χ0v) is 15.2. The van der Waals surface area contributed by atoms with Gasteiger partial charge < -0.3 is 9.88 Å². The topological polar surface area (TPSA) is 48.1 Å². The smallest absolute Gasteiger partial charge is 0.131 e. The molecule has 1 spiro atoms. The highest BCUT2D eigenvalue weighted by atomic mass is 15.2. The molecule has 26 heavy (non-hydrogen) atoms. The summed E-state index contributed by atoms with van der Waals surface area (Å²) in [6.07, 6.45) is 9.36. The van der Waals surface area contributed by atoms with Gasteiger partial charge in [0.15, 0.2) is 0 Å². The molecule has 0 bridgehead atoms. The van der Waals surface area contributed by atoms with Crippen LogP contribution in [0.25, 0.3) is 10.9 Å². The first-order valence-corrected chi connectivity index (χ1v) is 9.48. The molecule has 3 heterocycles. The van der Waals surface area contributed by atoms with Crippen LogP contribution < -0.4 is 4.90 Å². The summed E-state index contributed by atoms with van der Waals surface area (Å²) in [5.74, 6) is 1.04. The molecule has 5 heteroatoms. The van der Waals surface area contributed by atoms with Crippen molar-refractivity contribution in [2.45, 2.75) is 31.8 Å². The van der Waals surface area contributed by atoms with Crippen LogP contribution in [-0.4, -0.2) is 46.0 Å². The van der Waals surface area contributed by atoms with Crippen molar-refractivity contribution in [3.63, 3.8) is 0 Å². The average molecular weight is 347 g/mol. The Kier molecular flexibility index (Phi) is 3.71. The molecule has 2 aromatic heterocycles. The van der Waals surface area contributed by atoms with E-state index in [1.807, 2.05) is 18.5 Å². The number of fused-ring (bicyclic) bond motifs is 1. The highest BCUT2D eigenvalue weighted by molar-refractivity contribution is 5.79. The molecule has 5 nitrogen and oxygen atoms in total. The van der Waals surface area contributed by atoms with Crippen LogP contribution in [-0.2, 0) is 6.54 Å². The SMILES string of the molecule is CN(c1ccncn1)C1CC2(CCN(Cc3ccc4[nH]ccc4c3)C2)C1. The molecule has 0 radical (unpaired) electrons. The van der Waals surface area contributed by atoms with Gasteiger partial charge in [0, 0.05) is 44.1 Å². The molecule has 1 aliphatic carbocycles. The molecular weight excluding hydrogens is 322 g/mol. The minimum absolute atomic E-state index is 0.518. The van der Waals surface area contributed by atoms with Crippen molar-refractivity contribution in [1.82, 2.24) is 19.9 Å². The number of likely N-dealkylation sites (tertiary alicyclic amines) is 1. The predicted molar refractivity (Wildman–Crippen MR) is 104 cm³/mol. The van der Waals surface area contributed by atoms with E-state index < -0.39 is 0 Å². The molecule has 3 aromatic rings. The second kappa shape index (κ2) is 6.09. The summed E-state index contributed by atoms with van der Waals surface area (Å²) < 4.78 is 0. The highest BCUT2D eigenvalue weighted by Gasteiger charge is 2.49. The first-order chi connectivity index (χ1) is 12.7. The highest BCUT2D eigenvalue weighted by Crippen LogP contribution is 2.50. The fourth-order valence-electron chi connectivity index (χ4n) is 4.85. The monoisotopic (exact) mass is 347 g/mol. The summed E-state index contributed by atoms with van der Waals surface area (Å²) >= 11 is 0. The number of anilines is 1. The van der Waals surface area contributed by atoms with Gasteiger partial charge in [-0.15, -0.1) is 0 Å². The molecule has 0 atom stereocenters. The van der Waals surface area contributed by atoms with Gasteiger partial charge in [-0.3, -0.25) is 4.90 Å². The van der Waals surface area contributed by atoms with Crippen molar-refractivity contribution in [3.8, 4) is 0 Å². The molecule has 1 saturated carbocycles. The van der Waals surface area contributed by atoms with E-state index in [1.165, 1.54) is 48.8 Å². The number of hydrogen-bond donors (Lipinski definition) is 1. The van der Waals surface area contributed by atoms with Gasteiger partial charge >= 0.3 is 0 Å². The Labute approximate surface area is 154 Å². The molecule has 0 amide bonds. The van der Waals surface area contributed by atoms with E-state index in [-0.39, 0.29) is 0 Å². The minimum atomic E-state index is 0.518. The molecule has 2 fully saturated rings. The van der Waals surface area contributed by atoms with Gasteiger partial charge in [0.1, 0.15) is 12.1 Å². The minimum Gasteiger partial charge on any atom is -0.361 e. The van der Waals surface area contributed by atoms with Gasteiger partial charge in [0.2, 0.25) is 0 Å². The molecule has 1 aliphatic heterocycles. The Morgan fingerprint density at radius 1 is 1.27 bits per heavy atom. The van der Waals surface area contributed by atoms with E-state index in [4.69, 9.17) is 0 Å². The van der Waals surface area contributed by atoms with Gasteiger partial charge in [0.25, 0.3) is 0 Å². The van der Waals surface area contributed by atoms with Gasteiger partial charge in [0.05, 0.1) is 0 Å². The number of nitrogens with zero attached hydrogens (tertiary/aromatic N) is 4. The number of nitrogens with one attached hydrogen (secondary N) is 1. The third-order valence-corrected chi connectivity index (χ3v) is 6.35. The lowest BCUT2D eigenvalue weighted by Crippen LogP contribution is -2.51. The first kappa shape index (κ1) is 15.8. The second-order valence-corrected chi connectivity index (χ2v) is 8.10. The van der Waals surface area contributed by atoms with E-state index in [0.29, 0.717) is 11.5 Å². The molecule has 0 unspecified atom stereocenters. The quantitative estimate of drug-likeness (QED) is 0.785. The maximum atomic E-state index is 4.39. The summed E-state index contributed by atoms with van der Waals surface area (Å²) in [7, 11) is 2.17. The average Bonchev–Trinajstić information content (AvgIpc) is 3.27. The summed E-state index contributed by atoms with van der Waals surface area (Å²) in [5.41, 5.74) is 3.16. The normalized spacial score (nSPS) is 25.7. The Morgan fingerprint density at radius 2 is 2.19 bits per heavy atom. The van der Waals surface area contributed by atoms with Crippen molar-refractivity contribution >= 4 is 16.7 Å². The lowest BCUT2D eigenvalue weighted by atomic mass is 9.64. The van der Waals surface area contributed by atoms with Crippen molar-refractivity contribution in [1.29, 1.82) is 0 Å². The molecule has 5 rings (SSSR count). The van der Waals surface area contributed by atoms with Crippen LogP contribution in [0.15, 0.2) is 49.1 Å². The van der Waals surface area contributed by atoms with E-state index in [2.05, 4.69) is 56.1 Å². The van der Waals surface area contributed by atoms with E-state index in [9.17, 15) is 0 Å². The number of rotatable bonds is 4. The van der Waals surface area contributed by atoms with E-state index in [0.717, 1.165) is 12.4 Å². The van der Waals surface area contributed by atoms with Crippen molar-refractivity contribution in [2.24, 2.45) is 5.41 Å². The maximum Gasteiger partial charge on any atom is 0.131 e. The summed E-state index contributed by atoms with van der Waals surface area (Å²) in [5, 5.41) is 1.31. The van der Waals surface area contributed by atoms with Crippen molar-refractivity contribution in [3.05, 3.63) is 54.6 Å². The van der Waals surface area contributed by atoms with Crippen LogP contribution in [0.3, 0.4) is 0 Å². The van der Waals surface area contributed by atoms with Gasteiger partial charge in [-0.25, -0.2) is 9.97 Å². The summed E-state index contributed by atoms with van der Waals surface area (Å²) in [4.78, 5) is 16.6. The van der Waals surface area contributed by atoms with Crippen molar-refractivity contribution in [2.75, 3.05) is 25.0 Å². The van der Waals surface area contributed by atoms with Crippen LogP contribution in [0.5, 0.6) is 0 Å². The molecular formula is C21H25N5. The summed E-state index contributed by atoms with van der Waals surface area (Å²) in [6.45, 7) is 3.51. The fraction of sp³-hybridized carbons (Fsp3) is 0.429. The maximum absolute atomic E-state index is 4.39. The van der Waals surface area contributed by atoms with Gasteiger partial charge in [-0.1, -0.05) is 6.07 Å². The molecule has 1 N–H and O–H groups in total. The zero-order valence-electron chi connectivity index (χ0n) is 15.2. The number of aromatic nitrogens is 3. The number of benzene rings is 1. The molecule has 1 saturated heterocycles. The lowest BCUT2D eigenvalue weighted by molar-refractivity contribution is 0.107. The second-order valence-electron chi connectivity index (χ2n) is 8.10. The standard InChI is InChI=1S/C21H25N5/c1-25(20-5-7-22-15-24-20)18-11-21(12-18)6-9-26(14-21)13-16-2-3-19-17(10-16)4-8-23-19/h2-5,7-8,10,15,18,23H,6,9,11-14H2,1H3. The largest absolute Gasteiger partial charge is 0.361 e. The third-order valence-electron chi connectivity index (χ3n) is 6.35. The molecule has 134 valence electrons. The molecule has 1 aromatic carbocycles. The Balaban J connectivity index is 1.20. The fourth-order valence-corrected chi connectivity index (χ4v) is 4.85. The third kappa shape index (κ3) is 2.76. The van der Waals surface area contributed by atoms with Crippen LogP contribution >= 0.6 is 0 Å². The number of aromatic amines is 1. The van der Waals surface area contributed by atoms with E-state index >= 15 is 0 Å². The van der Waals surface area contributed by atoms with E-state index in [1.54, 1.807) is 6.33 Å². The lowest BCUT2D eigenvalue weighted by Gasteiger charge is -2.49. The molecule has 2 aliphatic rings. The Hall–Kier alpha value is -2.40. The van der Waals surface area contributed by atoms with Gasteiger partial charge in [-0.2, -0.15) is 0 Å². The number of hydrogen-bond acceptors (Lipinski definition) is 4. The van der Waals surface area contributed by atoms with Crippen molar-refractivity contribution < 1.29 is 0 Å². The van der Waals surface area contributed by atoms with Gasteiger partial charge in [-0.05, 0) is 66.4 Å². The predicted octanol–water partition coefficient (Wildman–Crippen LogP) is 3.45. The number of H-pyrrole nitrogens is 1. The van der Waals surface area contributed by atoms with Crippen LogP contribution in [0, 0.1) is 5.41 Å².